The standard InChI is InChI=1S/C80H82BN3/c1-74(2,3)54-32-36-66(59(43-54)51-25-17-14-18-26-51)82-68-38-34-58-48-64(68)81-65-49-63-62(77(10,11)41-42-78(63,12)56-31-35-61-69(45-56)84(58)79(13)39-23-24-40-80(61,79)53-29-21-16-22-30-53)50-70(65)83(72-47-57(76(7,8)9)46-71(82)73(72)81)67-37-33-55(75(4,5)6)44-60(67)52-27-19-15-20-28-52/h14-22,25-38,43-50H,23-24,39-42H2,1-13H3. The van der Waals surface area contributed by atoms with Gasteiger partial charge in [-0.15, -0.1) is 0 Å². The van der Waals surface area contributed by atoms with E-state index < -0.39 is 0 Å². The first-order valence-corrected chi connectivity index (χ1v) is 31.5. The molecule has 0 N–H and O–H groups in total. The van der Waals surface area contributed by atoms with Crippen LogP contribution in [0.3, 0.4) is 0 Å². The lowest BCUT2D eigenvalue weighted by molar-refractivity contribution is 0.215. The van der Waals surface area contributed by atoms with E-state index in [1.165, 1.54) is 141 Å². The molecule has 3 unspecified atom stereocenters. The molecule has 9 aromatic carbocycles. The van der Waals surface area contributed by atoms with Gasteiger partial charge in [0.05, 0.1) is 16.9 Å². The minimum Gasteiger partial charge on any atom is -0.334 e. The van der Waals surface area contributed by atoms with Crippen molar-refractivity contribution in [2.24, 2.45) is 0 Å². The largest absolute Gasteiger partial charge is 0.334 e. The fourth-order valence-electron chi connectivity index (χ4n) is 16.9. The van der Waals surface area contributed by atoms with E-state index in [1.54, 1.807) is 0 Å². The van der Waals surface area contributed by atoms with E-state index in [0.717, 1.165) is 25.7 Å². The topological polar surface area (TPSA) is 9.72 Å². The average molecular weight is 1100 g/mol. The molecule has 4 heteroatoms. The predicted molar refractivity (Wildman–Crippen MR) is 359 cm³/mol. The molecule has 420 valence electrons. The Balaban J connectivity index is 1.12. The first-order valence-electron chi connectivity index (χ1n) is 31.5. The first-order chi connectivity index (χ1) is 40.0. The van der Waals surface area contributed by atoms with Crippen LogP contribution in [0.1, 0.15) is 173 Å². The van der Waals surface area contributed by atoms with Crippen LogP contribution < -0.4 is 31.1 Å². The Morgan fingerprint density at radius 1 is 0.381 bits per heavy atom. The summed E-state index contributed by atoms with van der Waals surface area (Å²) in [6.45, 7) is 31.6. The summed E-state index contributed by atoms with van der Waals surface area (Å²) in [7, 11) is 0. The molecule has 6 bridgehead atoms. The van der Waals surface area contributed by atoms with Crippen LogP contribution in [0, 0.1) is 0 Å². The second-order valence-corrected chi connectivity index (χ2v) is 30.2. The zero-order chi connectivity index (χ0) is 58.3. The Bertz CT molecular complexity index is 4170. The maximum absolute atomic E-state index is 2.89. The van der Waals surface area contributed by atoms with Gasteiger partial charge in [0.2, 0.25) is 0 Å². The molecule has 1 saturated carbocycles. The summed E-state index contributed by atoms with van der Waals surface area (Å²) in [6, 6.07) is 75.2. The Morgan fingerprint density at radius 3 is 1.50 bits per heavy atom. The highest BCUT2D eigenvalue weighted by Gasteiger charge is 2.62. The molecule has 4 aliphatic heterocycles. The zero-order valence-electron chi connectivity index (χ0n) is 52.1. The lowest BCUT2D eigenvalue weighted by atomic mass is 9.33. The highest BCUT2D eigenvalue weighted by molar-refractivity contribution is 7.00. The van der Waals surface area contributed by atoms with Crippen LogP contribution in [0.2, 0.25) is 0 Å². The molecule has 0 radical (unpaired) electrons. The minimum atomic E-state index is -0.251. The minimum absolute atomic E-state index is 0.0550. The first kappa shape index (κ1) is 53.2. The van der Waals surface area contributed by atoms with Gasteiger partial charge >= 0.3 is 0 Å². The molecule has 6 aliphatic rings. The molecular weight excluding hydrogens is 1010 g/mol. The van der Waals surface area contributed by atoms with Crippen LogP contribution in [0.4, 0.5) is 45.5 Å². The SMILES string of the molecule is CC(C)(C)c1ccc(N2c3ccc4cc3B3c5cc6c(cc5N(c5ccc(C(C)(C)C)cc5-c5ccccc5)c5cc(C(C)(C)C)cc2c53)C(C)(C)CCC6(C)c2ccc3c(c2)N4C2(C)CCCCC32c2ccccc2)c(-c2ccccc2)c1. The third-order valence-electron chi connectivity index (χ3n) is 21.7. The summed E-state index contributed by atoms with van der Waals surface area (Å²) >= 11 is 0. The quantitative estimate of drug-likeness (QED) is 0.159. The van der Waals surface area contributed by atoms with Gasteiger partial charge in [-0.3, -0.25) is 0 Å². The summed E-state index contributed by atoms with van der Waals surface area (Å²) in [5, 5.41) is 0. The van der Waals surface area contributed by atoms with Crippen molar-refractivity contribution in [2.45, 2.75) is 167 Å². The third kappa shape index (κ3) is 7.50. The average Bonchev–Trinajstić information content (AvgIpc) is 1.43. The second-order valence-electron chi connectivity index (χ2n) is 30.2. The molecular formula is C80H82BN3. The van der Waals surface area contributed by atoms with Crippen molar-refractivity contribution in [3.05, 3.63) is 233 Å². The Morgan fingerprint density at radius 2 is 0.917 bits per heavy atom. The van der Waals surface area contributed by atoms with Crippen molar-refractivity contribution in [1.82, 2.24) is 0 Å². The number of hydrogen-bond acceptors (Lipinski definition) is 3. The molecule has 2 aliphatic carbocycles. The molecule has 84 heavy (non-hydrogen) atoms. The molecule has 4 heterocycles. The van der Waals surface area contributed by atoms with Crippen LogP contribution in [0.15, 0.2) is 188 Å². The highest BCUT2D eigenvalue weighted by atomic mass is 15.3. The number of hydrogen-bond donors (Lipinski definition) is 0. The van der Waals surface area contributed by atoms with Crippen molar-refractivity contribution < 1.29 is 0 Å². The maximum Gasteiger partial charge on any atom is 0.252 e. The van der Waals surface area contributed by atoms with Crippen molar-refractivity contribution >= 4 is 68.6 Å². The smallest absolute Gasteiger partial charge is 0.252 e. The lowest BCUT2D eigenvalue weighted by Crippen LogP contribution is -2.62. The molecule has 15 rings (SSSR count). The van der Waals surface area contributed by atoms with Gasteiger partial charge < -0.3 is 14.7 Å². The maximum atomic E-state index is 2.89. The van der Waals surface area contributed by atoms with Gasteiger partial charge in [0.15, 0.2) is 0 Å². The normalized spacial score (nSPS) is 21.5. The molecule has 0 spiro atoms. The van der Waals surface area contributed by atoms with Crippen LogP contribution in [-0.2, 0) is 32.5 Å². The lowest BCUT2D eigenvalue weighted by Gasteiger charge is -2.52. The summed E-state index contributed by atoms with van der Waals surface area (Å²) in [5.74, 6) is 0. The van der Waals surface area contributed by atoms with Crippen molar-refractivity contribution in [2.75, 3.05) is 14.7 Å². The fourth-order valence-corrected chi connectivity index (χ4v) is 16.9. The summed E-state index contributed by atoms with van der Waals surface area (Å²) < 4.78 is 0. The van der Waals surface area contributed by atoms with Crippen LogP contribution in [-0.4, -0.2) is 12.3 Å². The summed E-state index contributed by atoms with van der Waals surface area (Å²) in [5.41, 5.74) is 29.5. The van der Waals surface area contributed by atoms with E-state index in [9.17, 15) is 0 Å². The third-order valence-corrected chi connectivity index (χ3v) is 21.7. The number of anilines is 8. The zero-order valence-corrected chi connectivity index (χ0v) is 52.1. The number of benzene rings is 9. The van der Waals surface area contributed by atoms with E-state index in [1.807, 2.05) is 0 Å². The van der Waals surface area contributed by atoms with Gasteiger partial charge in [0.1, 0.15) is 0 Å². The van der Waals surface area contributed by atoms with E-state index in [0.29, 0.717) is 0 Å². The van der Waals surface area contributed by atoms with E-state index in [-0.39, 0.29) is 44.7 Å². The number of rotatable bonds is 5. The fraction of sp³-hybridized carbons (Fsp3) is 0.325. The van der Waals surface area contributed by atoms with Crippen LogP contribution in [0.5, 0.6) is 0 Å². The van der Waals surface area contributed by atoms with Gasteiger partial charge in [0, 0.05) is 56.1 Å². The monoisotopic (exact) mass is 1100 g/mol. The van der Waals surface area contributed by atoms with Gasteiger partial charge in [-0.1, -0.05) is 217 Å². The molecule has 0 saturated heterocycles. The predicted octanol–water partition coefficient (Wildman–Crippen LogP) is 19.5. The van der Waals surface area contributed by atoms with Gasteiger partial charge in [-0.2, -0.15) is 0 Å². The Kier molecular flexibility index (Phi) is 11.4. The number of nitrogens with zero attached hydrogens (tertiary/aromatic N) is 3. The van der Waals surface area contributed by atoms with Crippen LogP contribution in [0.25, 0.3) is 22.3 Å². The van der Waals surface area contributed by atoms with Crippen molar-refractivity contribution in [3.8, 4) is 22.3 Å². The van der Waals surface area contributed by atoms with Gasteiger partial charge in [-0.05, 0) is 193 Å². The van der Waals surface area contributed by atoms with E-state index >= 15 is 0 Å². The summed E-state index contributed by atoms with van der Waals surface area (Å²) in [6.07, 6.45) is 6.79. The van der Waals surface area contributed by atoms with E-state index in [2.05, 4.69) is 293 Å². The van der Waals surface area contributed by atoms with Gasteiger partial charge in [0.25, 0.3) is 6.71 Å². The molecule has 0 amide bonds. The second kappa shape index (κ2) is 18.0. The molecule has 9 aromatic rings. The highest BCUT2D eigenvalue weighted by Crippen LogP contribution is 2.65. The van der Waals surface area contributed by atoms with E-state index in [4.69, 9.17) is 0 Å². The van der Waals surface area contributed by atoms with Crippen molar-refractivity contribution in [3.63, 3.8) is 0 Å². The Labute approximate surface area is 501 Å². The van der Waals surface area contributed by atoms with Crippen LogP contribution >= 0.6 is 0 Å². The molecule has 0 aromatic heterocycles. The van der Waals surface area contributed by atoms with Crippen molar-refractivity contribution in [1.29, 1.82) is 0 Å². The van der Waals surface area contributed by atoms with Gasteiger partial charge in [-0.25, -0.2) is 0 Å². The molecule has 3 atom stereocenters. The summed E-state index contributed by atoms with van der Waals surface area (Å²) in [4.78, 5) is 8.36. The Hall–Kier alpha value is -7.56. The molecule has 1 fully saturated rings. The number of fused-ring (bicyclic) bond motifs is 7. The molecule has 3 nitrogen and oxygen atoms in total.